The zero-order valence-electron chi connectivity index (χ0n) is 7.88. The molecule has 0 atom stereocenters. The molecule has 1 aromatic heterocycles. The Bertz CT molecular complexity index is 521. The second kappa shape index (κ2) is 3.69. The molecule has 2 rings (SSSR count). The summed E-state index contributed by atoms with van der Waals surface area (Å²) < 4.78 is 1.86. The fraction of sp³-hybridized carbons (Fsp3) is 0. The van der Waals surface area contributed by atoms with E-state index in [1.807, 2.05) is 41.2 Å². The molecular formula is C12H7N3. The molecule has 0 N–H and O–H groups in total. The summed E-state index contributed by atoms with van der Waals surface area (Å²) in [6.45, 7) is 0. The lowest BCUT2D eigenvalue weighted by molar-refractivity contribution is 1.08. The molecule has 0 radical (unpaired) electrons. The molecule has 1 heterocycles. The summed E-state index contributed by atoms with van der Waals surface area (Å²) in [5, 5.41) is 17.6. The maximum absolute atomic E-state index is 8.81. The Hall–Kier alpha value is -2.52. The molecule has 70 valence electrons. The molecule has 0 fully saturated rings. The van der Waals surface area contributed by atoms with Crippen LogP contribution in [0.25, 0.3) is 5.69 Å². The Balaban J connectivity index is 2.59. The highest BCUT2D eigenvalue weighted by Crippen LogP contribution is 2.13. The van der Waals surface area contributed by atoms with Gasteiger partial charge in [-0.05, 0) is 30.3 Å². The van der Waals surface area contributed by atoms with Crippen LogP contribution in [-0.4, -0.2) is 4.57 Å². The van der Waals surface area contributed by atoms with E-state index >= 15 is 0 Å². The van der Waals surface area contributed by atoms with Crippen LogP contribution in [0.5, 0.6) is 0 Å². The van der Waals surface area contributed by atoms with Crippen molar-refractivity contribution in [2.75, 3.05) is 0 Å². The molecular weight excluding hydrogens is 186 g/mol. The summed E-state index contributed by atoms with van der Waals surface area (Å²) in [5.41, 5.74) is 1.83. The van der Waals surface area contributed by atoms with Crippen LogP contribution < -0.4 is 0 Å². The summed E-state index contributed by atoms with van der Waals surface area (Å²) in [4.78, 5) is 0. The summed E-state index contributed by atoms with van der Waals surface area (Å²) in [5.74, 6) is 0. The number of nitriles is 2. The highest BCUT2D eigenvalue weighted by Gasteiger charge is 2.01. The smallest absolute Gasteiger partial charge is 0.0992 e. The van der Waals surface area contributed by atoms with E-state index in [1.54, 1.807) is 18.2 Å². The third kappa shape index (κ3) is 1.72. The third-order valence-corrected chi connectivity index (χ3v) is 2.08. The van der Waals surface area contributed by atoms with E-state index in [0.29, 0.717) is 11.1 Å². The van der Waals surface area contributed by atoms with Crippen molar-refractivity contribution in [2.24, 2.45) is 0 Å². The zero-order valence-corrected chi connectivity index (χ0v) is 7.88. The molecule has 0 aliphatic rings. The van der Waals surface area contributed by atoms with E-state index in [2.05, 4.69) is 0 Å². The SMILES string of the molecule is N#Cc1cc(C#N)cc(-n2cccc2)c1. The summed E-state index contributed by atoms with van der Waals surface area (Å²) in [7, 11) is 0. The van der Waals surface area contributed by atoms with E-state index in [0.717, 1.165) is 5.69 Å². The molecule has 0 amide bonds. The first-order valence-electron chi connectivity index (χ1n) is 4.42. The number of hydrogen-bond donors (Lipinski definition) is 0. The van der Waals surface area contributed by atoms with Crippen molar-refractivity contribution in [3.05, 3.63) is 53.9 Å². The molecule has 0 bridgehead atoms. The van der Waals surface area contributed by atoms with Gasteiger partial charge in [-0.3, -0.25) is 0 Å². The summed E-state index contributed by atoms with van der Waals surface area (Å²) in [6.07, 6.45) is 3.75. The molecule has 0 saturated heterocycles. The van der Waals surface area contributed by atoms with Crippen molar-refractivity contribution >= 4 is 0 Å². The quantitative estimate of drug-likeness (QED) is 0.697. The van der Waals surface area contributed by atoms with E-state index in [4.69, 9.17) is 10.5 Å². The highest BCUT2D eigenvalue weighted by atomic mass is 14.9. The van der Waals surface area contributed by atoms with Crippen molar-refractivity contribution in [3.63, 3.8) is 0 Å². The molecule has 2 aromatic rings. The average Bonchev–Trinajstić information content (AvgIpc) is 2.81. The highest BCUT2D eigenvalue weighted by molar-refractivity contribution is 5.49. The predicted molar refractivity (Wildman–Crippen MR) is 55.2 cm³/mol. The second-order valence-electron chi connectivity index (χ2n) is 3.08. The van der Waals surface area contributed by atoms with Crippen LogP contribution in [-0.2, 0) is 0 Å². The van der Waals surface area contributed by atoms with Crippen LogP contribution in [0, 0.1) is 22.7 Å². The lowest BCUT2D eigenvalue weighted by Crippen LogP contribution is -1.92. The standard InChI is InChI=1S/C12H7N3/c13-8-10-5-11(9-14)7-12(6-10)15-3-1-2-4-15/h1-7H. The lowest BCUT2D eigenvalue weighted by atomic mass is 10.1. The van der Waals surface area contributed by atoms with Gasteiger partial charge in [0.15, 0.2) is 0 Å². The zero-order chi connectivity index (χ0) is 10.7. The largest absolute Gasteiger partial charge is 0.324 e. The number of aromatic nitrogens is 1. The summed E-state index contributed by atoms with van der Waals surface area (Å²) in [6, 6.07) is 12.9. The Labute approximate surface area is 87.4 Å². The van der Waals surface area contributed by atoms with Gasteiger partial charge in [-0.15, -0.1) is 0 Å². The summed E-state index contributed by atoms with van der Waals surface area (Å²) >= 11 is 0. The van der Waals surface area contributed by atoms with Gasteiger partial charge in [0.1, 0.15) is 0 Å². The van der Waals surface area contributed by atoms with Crippen LogP contribution in [0.2, 0.25) is 0 Å². The van der Waals surface area contributed by atoms with Crippen molar-refractivity contribution in [3.8, 4) is 17.8 Å². The van der Waals surface area contributed by atoms with Crippen molar-refractivity contribution in [1.29, 1.82) is 10.5 Å². The lowest BCUT2D eigenvalue weighted by Gasteiger charge is -2.03. The van der Waals surface area contributed by atoms with E-state index < -0.39 is 0 Å². The van der Waals surface area contributed by atoms with Crippen LogP contribution in [0.3, 0.4) is 0 Å². The Kier molecular flexibility index (Phi) is 2.23. The molecule has 0 aliphatic carbocycles. The minimum atomic E-state index is 0.498. The number of hydrogen-bond acceptors (Lipinski definition) is 2. The fourth-order valence-electron chi connectivity index (χ4n) is 1.40. The van der Waals surface area contributed by atoms with Crippen LogP contribution in [0.4, 0.5) is 0 Å². The predicted octanol–water partition coefficient (Wildman–Crippen LogP) is 2.22. The first-order chi connectivity index (χ1) is 7.33. The average molecular weight is 193 g/mol. The van der Waals surface area contributed by atoms with E-state index in [-0.39, 0.29) is 0 Å². The van der Waals surface area contributed by atoms with Gasteiger partial charge in [-0.2, -0.15) is 10.5 Å². The second-order valence-corrected chi connectivity index (χ2v) is 3.08. The molecule has 0 aliphatic heterocycles. The molecule has 0 saturated carbocycles. The van der Waals surface area contributed by atoms with Gasteiger partial charge in [0, 0.05) is 18.1 Å². The minimum Gasteiger partial charge on any atom is -0.324 e. The molecule has 0 unspecified atom stereocenters. The Morgan fingerprint density at radius 2 is 1.40 bits per heavy atom. The first kappa shape index (κ1) is 9.05. The van der Waals surface area contributed by atoms with Gasteiger partial charge in [0.2, 0.25) is 0 Å². The van der Waals surface area contributed by atoms with Gasteiger partial charge in [-0.1, -0.05) is 0 Å². The van der Waals surface area contributed by atoms with Gasteiger partial charge >= 0.3 is 0 Å². The molecule has 15 heavy (non-hydrogen) atoms. The van der Waals surface area contributed by atoms with Crippen LogP contribution in [0.15, 0.2) is 42.7 Å². The topological polar surface area (TPSA) is 52.5 Å². The van der Waals surface area contributed by atoms with Gasteiger partial charge in [0.05, 0.1) is 23.3 Å². The van der Waals surface area contributed by atoms with Crippen LogP contribution >= 0.6 is 0 Å². The number of rotatable bonds is 1. The maximum Gasteiger partial charge on any atom is 0.0992 e. The third-order valence-electron chi connectivity index (χ3n) is 2.08. The maximum atomic E-state index is 8.81. The van der Waals surface area contributed by atoms with Gasteiger partial charge in [-0.25, -0.2) is 0 Å². The monoisotopic (exact) mass is 193 g/mol. The van der Waals surface area contributed by atoms with E-state index in [9.17, 15) is 0 Å². The molecule has 0 spiro atoms. The van der Waals surface area contributed by atoms with Crippen LogP contribution in [0.1, 0.15) is 11.1 Å². The molecule has 3 heteroatoms. The first-order valence-corrected chi connectivity index (χ1v) is 4.42. The van der Waals surface area contributed by atoms with Crippen molar-refractivity contribution in [1.82, 2.24) is 4.57 Å². The normalized spacial score (nSPS) is 9.20. The Morgan fingerprint density at radius 3 is 1.87 bits per heavy atom. The van der Waals surface area contributed by atoms with E-state index in [1.165, 1.54) is 0 Å². The number of nitrogens with zero attached hydrogens (tertiary/aromatic N) is 3. The van der Waals surface area contributed by atoms with Gasteiger partial charge in [0.25, 0.3) is 0 Å². The molecule has 3 nitrogen and oxygen atoms in total. The Morgan fingerprint density at radius 1 is 0.867 bits per heavy atom. The number of benzene rings is 1. The fourth-order valence-corrected chi connectivity index (χ4v) is 1.40. The minimum absolute atomic E-state index is 0.498. The van der Waals surface area contributed by atoms with Gasteiger partial charge < -0.3 is 4.57 Å². The van der Waals surface area contributed by atoms with Crippen molar-refractivity contribution in [2.45, 2.75) is 0 Å². The van der Waals surface area contributed by atoms with Crippen molar-refractivity contribution < 1.29 is 0 Å². The molecule has 1 aromatic carbocycles.